The van der Waals surface area contributed by atoms with Crippen molar-refractivity contribution in [3.63, 3.8) is 0 Å². The lowest BCUT2D eigenvalue weighted by atomic mass is 10.1. The molecule has 0 saturated carbocycles. The van der Waals surface area contributed by atoms with Crippen LogP contribution in [0, 0.1) is 0 Å². The fourth-order valence-electron chi connectivity index (χ4n) is 3.13. The van der Waals surface area contributed by atoms with Crippen molar-refractivity contribution < 1.29 is 14.0 Å². The highest BCUT2D eigenvalue weighted by Crippen LogP contribution is 2.28. The van der Waals surface area contributed by atoms with Crippen molar-refractivity contribution in [2.24, 2.45) is 0 Å². The monoisotopic (exact) mass is 418 g/mol. The van der Waals surface area contributed by atoms with Crippen LogP contribution in [0.25, 0.3) is 22.6 Å². The first-order valence-electron chi connectivity index (χ1n) is 9.83. The van der Waals surface area contributed by atoms with Crippen molar-refractivity contribution in [3.05, 3.63) is 76.4 Å². The lowest BCUT2D eigenvalue weighted by Crippen LogP contribution is -2.23. The number of hydrogen-bond acceptors (Lipinski definition) is 7. The normalized spacial score (nSPS) is 10.8. The predicted octanol–water partition coefficient (Wildman–Crippen LogP) is 3.59. The van der Waals surface area contributed by atoms with Crippen LogP contribution in [0.3, 0.4) is 0 Å². The average molecular weight is 418 g/mol. The van der Waals surface area contributed by atoms with Gasteiger partial charge >= 0.3 is 0 Å². The van der Waals surface area contributed by atoms with E-state index in [0.29, 0.717) is 28.6 Å². The Hall–Kier alpha value is -3.94. The van der Waals surface area contributed by atoms with Gasteiger partial charge in [0.2, 0.25) is 11.7 Å². The maximum Gasteiger partial charge on any atom is 0.267 e. The Kier molecular flexibility index (Phi) is 5.79. The Balaban J connectivity index is 1.60. The maximum atomic E-state index is 12.3. The summed E-state index contributed by atoms with van der Waals surface area (Å²) in [6.45, 7) is 2.17. The summed E-state index contributed by atoms with van der Waals surface area (Å²) in [4.78, 5) is 16.7. The number of benzene rings is 2. The maximum absolute atomic E-state index is 12.3. The number of methoxy groups -OCH3 is 2. The number of hydrogen-bond donors (Lipinski definition) is 0. The van der Waals surface area contributed by atoms with Crippen LogP contribution in [0.2, 0.25) is 0 Å². The molecule has 0 aliphatic rings. The third-order valence-corrected chi connectivity index (χ3v) is 4.89. The zero-order chi connectivity index (χ0) is 21.8. The molecule has 4 rings (SSSR count). The van der Waals surface area contributed by atoms with Gasteiger partial charge in [-0.25, -0.2) is 4.68 Å². The molecule has 8 nitrogen and oxygen atoms in total. The van der Waals surface area contributed by atoms with Gasteiger partial charge in [0, 0.05) is 23.3 Å². The Morgan fingerprint density at radius 3 is 2.29 bits per heavy atom. The second-order valence-corrected chi connectivity index (χ2v) is 6.88. The molecule has 0 aliphatic heterocycles. The van der Waals surface area contributed by atoms with Crippen LogP contribution in [-0.4, -0.2) is 34.1 Å². The van der Waals surface area contributed by atoms with Gasteiger partial charge in [-0.05, 0) is 30.2 Å². The molecule has 0 fully saturated rings. The van der Waals surface area contributed by atoms with Crippen molar-refractivity contribution in [2.45, 2.75) is 19.9 Å². The first kappa shape index (κ1) is 20.3. The highest BCUT2D eigenvalue weighted by Gasteiger charge is 2.13. The molecule has 0 bridgehead atoms. The smallest absolute Gasteiger partial charge is 0.267 e. The van der Waals surface area contributed by atoms with Gasteiger partial charge in [0.1, 0.15) is 18.0 Å². The van der Waals surface area contributed by atoms with Gasteiger partial charge in [-0.1, -0.05) is 36.3 Å². The third kappa shape index (κ3) is 4.48. The molecule has 0 spiro atoms. The fraction of sp³-hybridized carbons (Fsp3) is 0.217. The largest absolute Gasteiger partial charge is 0.497 e. The van der Waals surface area contributed by atoms with Crippen LogP contribution in [0.5, 0.6) is 11.5 Å². The van der Waals surface area contributed by atoms with Gasteiger partial charge in [-0.3, -0.25) is 4.79 Å². The number of rotatable bonds is 7. The first-order chi connectivity index (χ1) is 15.1. The second kappa shape index (κ2) is 8.83. The summed E-state index contributed by atoms with van der Waals surface area (Å²) in [5.41, 5.74) is 3.29. The molecule has 2 aromatic carbocycles. The number of aromatic nitrogens is 4. The standard InChI is InChI=1S/C23H22N4O4/c1-4-15-5-7-16(8-6-15)20-9-10-22(28)27(25-20)14-21-24-23(26-31-21)17-11-18(29-2)13-19(12-17)30-3/h5-13H,4,14H2,1-3H3. The van der Waals surface area contributed by atoms with Crippen LogP contribution in [0.15, 0.2) is 63.9 Å². The van der Waals surface area contributed by atoms with E-state index in [1.807, 2.05) is 12.1 Å². The van der Waals surface area contributed by atoms with E-state index in [4.69, 9.17) is 14.0 Å². The number of aryl methyl sites for hydroxylation is 1. The minimum Gasteiger partial charge on any atom is -0.497 e. The van der Waals surface area contributed by atoms with E-state index >= 15 is 0 Å². The van der Waals surface area contributed by atoms with Gasteiger partial charge in [-0.15, -0.1) is 0 Å². The fourth-order valence-corrected chi connectivity index (χ4v) is 3.13. The van der Waals surface area contributed by atoms with E-state index in [1.165, 1.54) is 16.3 Å². The minimum atomic E-state index is -0.253. The quantitative estimate of drug-likeness (QED) is 0.453. The lowest BCUT2D eigenvalue weighted by molar-refractivity contribution is 0.363. The molecular weight excluding hydrogens is 396 g/mol. The topological polar surface area (TPSA) is 92.3 Å². The van der Waals surface area contributed by atoms with Crippen LogP contribution in [0.4, 0.5) is 0 Å². The first-order valence-corrected chi connectivity index (χ1v) is 9.83. The van der Waals surface area contributed by atoms with E-state index in [0.717, 1.165) is 12.0 Å². The SMILES string of the molecule is CCc1ccc(-c2ccc(=O)n(Cc3nc(-c4cc(OC)cc(OC)c4)no3)n2)cc1. The molecule has 158 valence electrons. The van der Waals surface area contributed by atoms with Crippen LogP contribution < -0.4 is 15.0 Å². The van der Waals surface area contributed by atoms with Crippen molar-refractivity contribution in [1.29, 1.82) is 0 Å². The molecule has 2 heterocycles. The molecule has 0 unspecified atom stereocenters. The molecule has 0 amide bonds. The summed E-state index contributed by atoms with van der Waals surface area (Å²) in [5.74, 6) is 1.86. The summed E-state index contributed by atoms with van der Waals surface area (Å²) >= 11 is 0. The highest BCUT2D eigenvalue weighted by molar-refractivity contribution is 5.60. The Labute approximate surface area is 179 Å². The van der Waals surface area contributed by atoms with Crippen LogP contribution in [0.1, 0.15) is 18.4 Å². The van der Waals surface area contributed by atoms with Crippen LogP contribution in [-0.2, 0) is 13.0 Å². The molecule has 0 radical (unpaired) electrons. The summed E-state index contributed by atoms with van der Waals surface area (Å²) in [5, 5.41) is 8.49. The van der Waals surface area contributed by atoms with Crippen LogP contribution >= 0.6 is 0 Å². The van der Waals surface area contributed by atoms with E-state index < -0.39 is 0 Å². The van der Waals surface area contributed by atoms with E-state index in [1.54, 1.807) is 38.5 Å². The van der Waals surface area contributed by atoms with Gasteiger partial charge in [-0.2, -0.15) is 10.1 Å². The Bertz CT molecular complexity index is 1220. The van der Waals surface area contributed by atoms with Crippen molar-refractivity contribution in [3.8, 4) is 34.1 Å². The number of ether oxygens (including phenoxy) is 2. The van der Waals surface area contributed by atoms with Gasteiger partial charge in [0.25, 0.3) is 5.56 Å². The summed E-state index contributed by atoms with van der Waals surface area (Å²) < 4.78 is 17.2. The predicted molar refractivity (Wildman–Crippen MR) is 115 cm³/mol. The second-order valence-electron chi connectivity index (χ2n) is 6.88. The summed E-state index contributed by atoms with van der Waals surface area (Å²) in [7, 11) is 3.14. The van der Waals surface area contributed by atoms with E-state index in [9.17, 15) is 4.79 Å². The van der Waals surface area contributed by atoms with E-state index in [-0.39, 0.29) is 18.0 Å². The minimum absolute atomic E-state index is 0.0633. The molecule has 8 heteroatoms. The average Bonchev–Trinajstić information content (AvgIpc) is 3.29. The molecule has 2 aromatic heterocycles. The molecule has 0 aliphatic carbocycles. The van der Waals surface area contributed by atoms with Crippen molar-refractivity contribution >= 4 is 0 Å². The van der Waals surface area contributed by atoms with Crippen molar-refractivity contribution in [1.82, 2.24) is 19.9 Å². The lowest BCUT2D eigenvalue weighted by Gasteiger charge is -2.06. The Morgan fingerprint density at radius 2 is 1.65 bits per heavy atom. The third-order valence-electron chi connectivity index (χ3n) is 4.89. The highest BCUT2D eigenvalue weighted by atomic mass is 16.5. The van der Waals surface area contributed by atoms with Gasteiger partial charge in [0.05, 0.1) is 19.9 Å². The molecule has 4 aromatic rings. The van der Waals surface area contributed by atoms with Gasteiger partial charge < -0.3 is 14.0 Å². The van der Waals surface area contributed by atoms with Gasteiger partial charge in [0.15, 0.2) is 0 Å². The van der Waals surface area contributed by atoms with E-state index in [2.05, 4.69) is 34.3 Å². The zero-order valence-corrected chi connectivity index (χ0v) is 17.5. The summed E-state index contributed by atoms with van der Waals surface area (Å²) in [6, 6.07) is 16.6. The summed E-state index contributed by atoms with van der Waals surface area (Å²) in [6.07, 6.45) is 0.964. The molecule has 0 atom stereocenters. The zero-order valence-electron chi connectivity index (χ0n) is 17.5. The molecule has 0 N–H and O–H groups in total. The number of nitrogens with zero attached hydrogens (tertiary/aromatic N) is 4. The van der Waals surface area contributed by atoms with Crippen molar-refractivity contribution in [2.75, 3.05) is 14.2 Å². The Morgan fingerprint density at radius 1 is 0.935 bits per heavy atom. The molecule has 31 heavy (non-hydrogen) atoms. The molecule has 0 saturated heterocycles. The molecular formula is C23H22N4O4.